The van der Waals surface area contributed by atoms with Crippen LogP contribution in [0.25, 0.3) is 0 Å². The van der Waals surface area contributed by atoms with Gasteiger partial charge in [-0.1, -0.05) is 0 Å². The van der Waals surface area contributed by atoms with E-state index in [-0.39, 0.29) is 12.0 Å². The number of methoxy groups -OCH3 is 2. The monoisotopic (exact) mass is 255 g/mol. The average Bonchev–Trinajstić information content (AvgIpc) is 2.35. The highest BCUT2D eigenvalue weighted by molar-refractivity contribution is 7.80. The van der Waals surface area contributed by atoms with Gasteiger partial charge >= 0.3 is 0 Å². The number of hydrogen-bond acceptors (Lipinski definition) is 4. The number of benzene rings is 1. The molecule has 0 saturated carbocycles. The second-order valence-corrected chi connectivity index (χ2v) is 4.09. The minimum Gasteiger partial charge on any atom is -0.382 e. The maximum absolute atomic E-state index is 11.7. The molecule has 94 valence electrons. The SMILES string of the molecule is COCC(CNC(=O)c1ccc(S)cc1)OC. The first-order valence-electron chi connectivity index (χ1n) is 5.26. The van der Waals surface area contributed by atoms with Crippen LogP contribution in [0.5, 0.6) is 0 Å². The van der Waals surface area contributed by atoms with Crippen molar-refractivity contribution >= 4 is 18.5 Å². The third-order valence-corrected chi connectivity index (χ3v) is 2.60. The number of amides is 1. The molecule has 1 atom stereocenters. The topological polar surface area (TPSA) is 47.6 Å². The Hall–Kier alpha value is -1.04. The molecule has 1 amide bonds. The molecule has 1 unspecified atom stereocenters. The van der Waals surface area contributed by atoms with Gasteiger partial charge < -0.3 is 14.8 Å². The summed E-state index contributed by atoms with van der Waals surface area (Å²) in [6.07, 6.45) is -0.131. The van der Waals surface area contributed by atoms with E-state index in [2.05, 4.69) is 17.9 Å². The summed E-state index contributed by atoms with van der Waals surface area (Å²) in [6, 6.07) is 7.02. The molecule has 0 heterocycles. The Kier molecular flexibility index (Phi) is 6.04. The van der Waals surface area contributed by atoms with Gasteiger partial charge in [-0.25, -0.2) is 0 Å². The molecule has 0 fully saturated rings. The Labute approximate surface area is 107 Å². The Morgan fingerprint density at radius 1 is 1.35 bits per heavy atom. The lowest BCUT2D eigenvalue weighted by Gasteiger charge is -2.14. The molecule has 0 saturated heterocycles. The highest BCUT2D eigenvalue weighted by atomic mass is 32.1. The summed E-state index contributed by atoms with van der Waals surface area (Å²) in [4.78, 5) is 12.6. The van der Waals surface area contributed by atoms with Crippen LogP contribution in [0.4, 0.5) is 0 Å². The predicted molar refractivity (Wildman–Crippen MR) is 68.7 cm³/mol. The smallest absolute Gasteiger partial charge is 0.251 e. The predicted octanol–water partition coefficient (Wildman–Crippen LogP) is 1.37. The van der Waals surface area contributed by atoms with Crippen molar-refractivity contribution in [2.45, 2.75) is 11.0 Å². The first kappa shape index (κ1) is 14.0. The van der Waals surface area contributed by atoms with E-state index in [1.54, 1.807) is 38.5 Å². The Morgan fingerprint density at radius 3 is 2.53 bits per heavy atom. The van der Waals surface area contributed by atoms with Crippen LogP contribution in [-0.2, 0) is 9.47 Å². The standard InChI is InChI=1S/C12H17NO3S/c1-15-8-10(16-2)7-13-12(14)9-3-5-11(17)6-4-9/h3-6,10,17H,7-8H2,1-2H3,(H,13,14). The van der Waals surface area contributed by atoms with Crippen LogP contribution in [0, 0.1) is 0 Å². The molecule has 1 rings (SSSR count). The van der Waals surface area contributed by atoms with E-state index in [4.69, 9.17) is 9.47 Å². The fourth-order valence-electron chi connectivity index (χ4n) is 1.32. The van der Waals surface area contributed by atoms with Crippen molar-refractivity contribution in [3.05, 3.63) is 29.8 Å². The fraction of sp³-hybridized carbons (Fsp3) is 0.417. The van der Waals surface area contributed by atoms with Crippen molar-refractivity contribution in [2.75, 3.05) is 27.4 Å². The van der Waals surface area contributed by atoms with Crippen LogP contribution in [0.15, 0.2) is 29.2 Å². The maximum atomic E-state index is 11.7. The highest BCUT2D eigenvalue weighted by Crippen LogP contribution is 2.07. The van der Waals surface area contributed by atoms with Gasteiger partial charge in [0, 0.05) is 31.2 Å². The van der Waals surface area contributed by atoms with Crippen molar-refractivity contribution in [2.24, 2.45) is 0 Å². The van der Waals surface area contributed by atoms with Crippen molar-refractivity contribution < 1.29 is 14.3 Å². The lowest BCUT2D eigenvalue weighted by Crippen LogP contribution is -2.35. The molecule has 0 aromatic heterocycles. The average molecular weight is 255 g/mol. The van der Waals surface area contributed by atoms with Crippen molar-refractivity contribution in [3.63, 3.8) is 0 Å². The molecule has 0 aliphatic heterocycles. The van der Waals surface area contributed by atoms with Gasteiger partial charge in [-0.2, -0.15) is 0 Å². The van der Waals surface area contributed by atoms with Gasteiger partial charge in [0.1, 0.15) is 0 Å². The zero-order valence-electron chi connectivity index (χ0n) is 9.97. The molecule has 1 N–H and O–H groups in total. The van der Waals surface area contributed by atoms with Crippen LogP contribution >= 0.6 is 12.6 Å². The number of ether oxygens (including phenoxy) is 2. The van der Waals surface area contributed by atoms with E-state index in [9.17, 15) is 4.79 Å². The summed E-state index contributed by atoms with van der Waals surface area (Å²) in [6.45, 7) is 0.873. The van der Waals surface area contributed by atoms with Crippen LogP contribution in [0.3, 0.4) is 0 Å². The normalized spacial score (nSPS) is 12.2. The Bertz CT molecular complexity index is 353. The zero-order chi connectivity index (χ0) is 12.7. The summed E-state index contributed by atoms with van der Waals surface area (Å²) in [7, 11) is 3.19. The van der Waals surface area contributed by atoms with Crippen LogP contribution in [-0.4, -0.2) is 39.4 Å². The second kappa shape index (κ2) is 7.32. The highest BCUT2D eigenvalue weighted by Gasteiger charge is 2.10. The Balaban J connectivity index is 2.46. The van der Waals surface area contributed by atoms with Crippen molar-refractivity contribution in [3.8, 4) is 0 Å². The number of hydrogen-bond donors (Lipinski definition) is 2. The molecule has 0 aliphatic rings. The van der Waals surface area contributed by atoms with E-state index >= 15 is 0 Å². The molecule has 0 aliphatic carbocycles. The van der Waals surface area contributed by atoms with Gasteiger partial charge in [0.25, 0.3) is 5.91 Å². The molecular formula is C12H17NO3S. The summed E-state index contributed by atoms with van der Waals surface area (Å²) in [5.74, 6) is -0.128. The third kappa shape index (κ3) is 4.77. The van der Waals surface area contributed by atoms with E-state index in [0.717, 1.165) is 4.90 Å². The lowest BCUT2D eigenvalue weighted by molar-refractivity contribution is 0.0285. The summed E-state index contributed by atoms with van der Waals surface area (Å²) in [5.41, 5.74) is 0.607. The number of rotatable bonds is 6. The number of nitrogens with one attached hydrogen (secondary N) is 1. The van der Waals surface area contributed by atoms with Gasteiger partial charge in [-0.15, -0.1) is 12.6 Å². The molecule has 0 radical (unpaired) electrons. The summed E-state index contributed by atoms with van der Waals surface area (Å²) in [5, 5.41) is 2.79. The van der Waals surface area contributed by atoms with E-state index in [1.807, 2.05) is 0 Å². The van der Waals surface area contributed by atoms with Crippen molar-refractivity contribution in [1.29, 1.82) is 0 Å². The molecule has 1 aromatic carbocycles. The number of thiol groups is 1. The molecule has 1 aromatic rings. The van der Waals surface area contributed by atoms with Crippen molar-refractivity contribution in [1.82, 2.24) is 5.32 Å². The third-order valence-electron chi connectivity index (χ3n) is 2.31. The van der Waals surface area contributed by atoms with Crippen LogP contribution in [0.1, 0.15) is 10.4 Å². The second-order valence-electron chi connectivity index (χ2n) is 3.57. The molecular weight excluding hydrogens is 238 g/mol. The van der Waals surface area contributed by atoms with Gasteiger partial charge in [-0.3, -0.25) is 4.79 Å². The molecule has 17 heavy (non-hydrogen) atoms. The largest absolute Gasteiger partial charge is 0.382 e. The maximum Gasteiger partial charge on any atom is 0.251 e. The molecule has 5 heteroatoms. The minimum absolute atomic E-state index is 0.128. The minimum atomic E-state index is -0.131. The lowest BCUT2D eigenvalue weighted by atomic mass is 10.2. The van der Waals surface area contributed by atoms with E-state index in [0.29, 0.717) is 18.7 Å². The van der Waals surface area contributed by atoms with Gasteiger partial charge in [-0.05, 0) is 24.3 Å². The first-order chi connectivity index (χ1) is 8.17. The van der Waals surface area contributed by atoms with Crippen LogP contribution in [0.2, 0.25) is 0 Å². The molecule has 4 nitrogen and oxygen atoms in total. The Morgan fingerprint density at radius 2 is 2.00 bits per heavy atom. The zero-order valence-corrected chi connectivity index (χ0v) is 10.9. The number of carbonyl (C=O) groups excluding carboxylic acids is 1. The quantitative estimate of drug-likeness (QED) is 0.755. The van der Waals surface area contributed by atoms with E-state index < -0.39 is 0 Å². The molecule has 0 bridgehead atoms. The summed E-state index contributed by atoms with van der Waals surface area (Å²) >= 11 is 4.16. The van der Waals surface area contributed by atoms with Gasteiger partial charge in [0.2, 0.25) is 0 Å². The summed E-state index contributed by atoms with van der Waals surface area (Å²) < 4.78 is 10.1. The molecule has 0 spiro atoms. The first-order valence-corrected chi connectivity index (χ1v) is 5.71. The van der Waals surface area contributed by atoms with Gasteiger partial charge in [0.15, 0.2) is 0 Å². The van der Waals surface area contributed by atoms with Crippen LogP contribution < -0.4 is 5.32 Å². The number of carbonyl (C=O) groups is 1. The van der Waals surface area contributed by atoms with Gasteiger partial charge in [0.05, 0.1) is 12.7 Å². The van der Waals surface area contributed by atoms with E-state index in [1.165, 1.54) is 0 Å². The fourth-order valence-corrected chi connectivity index (χ4v) is 1.47.